The molecule has 0 bridgehead atoms. The molecule has 1 aromatic rings. The summed E-state index contributed by atoms with van der Waals surface area (Å²) < 4.78 is 0. The lowest BCUT2D eigenvalue weighted by Gasteiger charge is -2.12. The lowest BCUT2D eigenvalue weighted by molar-refractivity contribution is -0.141. The third-order valence-corrected chi connectivity index (χ3v) is 2.80. The van der Waals surface area contributed by atoms with Crippen molar-refractivity contribution in [3.8, 4) is 0 Å². The fraction of sp³-hybridized carbons (Fsp3) is 0.308. The summed E-state index contributed by atoms with van der Waals surface area (Å²) in [4.78, 5) is 11.1. The van der Waals surface area contributed by atoms with Gasteiger partial charge in [0.25, 0.3) is 0 Å². The zero-order valence-corrected chi connectivity index (χ0v) is 9.95. The van der Waals surface area contributed by atoms with Gasteiger partial charge in [0.15, 0.2) is 0 Å². The first-order valence-electron chi connectivity index (χ1n) is 5.16. The number of hydrogen-bond donors (Lipinski definition) is 1. The van der Waals surface area contributed by atoms with Gasteiger partial charge >= 0.3 is 5.97 Å². The average molecular weight is 239 g/mol. The maximum absolute atomic E-state index is 11.1. The molecule has 0 aromatic heterocycles. The number of aliphatic carboxylic acids is 1. The van der Waals surface area contributed by atoms with E-state index in [-0.39, 0.29) is 0 Å². The zero-order valence-electron chi connectivity index (χ0n) is 9.19. The van der Waals surface area contributed by atoms with E-state index in [2.05, 4.69) is 0 Å². The molecule has 86 valence electrons. The van der Waals surface area contributed by atoms with Gasteiger partial charge in [0.2, 0.25) is 0 Å². The number of hydrogen-bond acceptors (Lipinski definition) is 1. The van der Waals surface area contributed by atoms with Gasteiger partial charge in [-0.1, -0.05) is 47.5 Å². The van der Waals surface area contributed by atoms with Crippen molar-refractivity contribution in [2.45, 2.75) is 19.8 Å². The van der Waals surface area contributed by atoms with Crippen molar-refractivity contribution >= 4 is 17.6 Å². The number of benzene rings is 1. The Morgan fingerprint density at radius 3 is 2.56 bits per heavy atom. The van der Waals surface area contributed by atoms with Crippen LogP contribution in [0.25, 0.3) is 0 Å². The number of halogens is 1. The van der Waals surface area contributed by atoms with Gasteiger partial charge in [0.1, 0.15) is 0 Å². The molecule has 0 aliphatic carbocycles. The summed E-state index contributed by atoms with van der Waals surface area (Å²) in [6.07, 6.45) is 1.03. The van der Waals surface area contributed by atoms with E-state index in [4.69, 9.17) is 16.7 Å². The van der Waals surface area contributed by atoms with Crippen LogP contribution >= 0.6 is 11.6 Å². The maximum atomic E-state index is 11.1. The molecule has 0 saturated heterocycles. The van der Waals surface area contributed by atoms with Crippen molar-refractivity contribution in [1.82, 2.24) is 0 Å². The van der Waals surface area contributed by atoms with E-state index in [1.54, 1.807) is 0 Å². The standard InChI is InChI=1S/C13H15ClO2/c1-10(9-14)7-12(13(15)16)8-11-5-3-2-4-6-11/h2-6,9,12H,7-8H2,1H3,(H,15,16)/b10-9-. The van der Waals surface area contributed by atoms with Gasteiger partial charge in [-0.2, -0.15) is 0 Å². The molecule has 1 unspecified atom stereocenters. The van der Waals surface area contributed by atoms with Crippen molar-refractivity contribution in [3.05, 3.63) is 47.0 Å². The van der Waals surface area contributed by atoms with E-state index in [1.807, 2.05) is 37.3 Å². The molecule has 16 heavy (non-hydrogen) atoms. The highest BCUT2D eigenvalue weighted by atomic mass is 35.5. The number of allylic oxidation sites excluding steroid dienone is 1. The molecule has 1 atom stereocenters. The predicted octanol–water partition coefficient (Wildman–Crippen LogP) is 3.46. The summed E-state index contributed by atoms with van der Waals surface area (Å²) in [6, 6.07) is 9.63. The first kappa shape index (κ1) is 12.8. The van der Waals surface area contributed by atoms with Crippen LogP contribution in [-0.4, -0.2) is 11.1 Å². The zero-order chi connectivity index (χ0) is 12.0. The van der Waals surface area contributed by atoms with E-state index >= 15 is 0 Å². The van der Waals surface area contributed by atoms with Gasteiger partial charge in [-0.15, -0.1) is 0 Å². The molecule has 1 N–H and O–H groups in total. The molecule has 1 rings (SSSR count). The van der Waals surface area contributed by atoms with Crippen LogP contribution in [0.4, 0.5) is 0 Å². The second-order valence-electron chi connectivity index (χ2n) is 3.88. The van der Waals surface area contributed by atoms with Crippen LogP contribution in [0, 0.1) is 5.92 Å². The van der Waals surface area contributed by atoms with Gasteiger partial charge < -0.3 is 5.11 Å². The summed E-state index contributed by atoms with van der Waals surface area (Å²) in [7, 11) is 0. The van der Waals surface area contributed by atoms with E-state index in [9.17, 15) is 4.79 Å². The molecule has 0 fully saturated rings. The van der Waals surface area contributed by atoms with E-state index in [0.29, 0.717) is 12.8 Å². The summed E-state index contributed by atoms with van der Waals surface area (Å²) in [5.74, 6) is -1.18. The van der Waals surface area contributed by atoms with Gasteiger partial charge in [0, 0.05) is 5.54 Å². The molecule has 0 aliphatic heterocycles. The highest BCUT2D eigenvalue weighted by molar-refractivity contribution is 6.25. The summed E-state index contributed by atoms with van der Waals surface area (Å²) >= 11 is 5.55. The van der Waals surface area contributed by atoms with Crippen molar-refractivity contribution in [1.29, 1.82) is 0 Å². The Balaban J connectivity index is 2.69. The first-order valence-corrected chi connectivity index (χ1v) is 5.59. The van der Waals surface area contributed by atoms with E-state index in [0.717, 1.165) is 11.1 Å². The normalized spacial score (nSPS) is 13.5. The number of carbonyl (C=O) groups is 1. The minimum Gasteiger partial charge on any atom is -0.481 e. The minimum absolute atomic E-state index is 0.405. The molecule has 1 aromatic carbocycles. The fourth-order valence-electron chi connectivity index (χ4n) is 1.58. The Morgan fingerprint density at radius 1 is 1.44 bits per heavy atom. The third kappa shape index (κ3) is 4.07. The lowest BCUT2D eigenvalue weighted by Crippen LogP contribution is -2.16. The smallest absolute Gasteiger partial charge is 0.307 e. The van der Waals surface area contributed by atoms with Gasteiger partial charge in [-0.3, -0.25) is 4.79 Å². The monoisotopic (exact) mass is 238 g/mol. The van der Waals surface area contributed by atoms with E-state index in [1.165, 1.54) is 5.54 Å². The molecule has 0 aliphatic rings. The number of carboxylic acids is 1. The van der Waals surface area contributed by atoms with Crippen LogP contribution < -0.4 is 0 Å². The van der Waals surface area contributed by atoms with Crippen molar-refractivity contribution in [2.24, 2.45) is 5.92 Å². The summed E-state index contributed by atoms with van der Waals surface area (Å²) in [6.45, 7) is 1.84. The highest BCUT2D eigenvalue weighted by Gasteiger charge is 2.18. The van der Waals surface area contributed by atoms with Gasteiger partial charge in [0.05, 0.1) is 5.92 Å². The average Bonchev–Trinajstić information content (AvgIpc) is 2.29. The molecule has 0 heterocycles. The summed E-state index contributed by atoms with van der Waals surface area (Å²) in [5.41, 5.74) is 3.38. The lowest BCUT2D eigenvalue weighted by atomic mass is 9.94. The number of rotatable bonds is 5. The Kier molecular flexibility index (Phi) is 5.06. The van der Waals surface area contributed by atoms with Gasteiger partial charge in [-0.05, 0) is 25.3 Å². The predicted molar refractivity (Wildman–Crippen MR) is 65.5 cm³/mol. The SMILES string of the molecule is C/C(=C/Cl)CC(Cc1ccccc1)C(=O)O. The second-order valence-corrected chi connectivity index (χ2v) is 4.10. The van der Waals surface area contributed by atoms with Crippen molar-refractivity contribution in [3.63, 3.8) is 0 Å². The van der Waals surface area contributed by atoms with Gasteiger partial charge in [-0.25, -0.2) is 0 Å². The first-order chi connectivity index (χ1) is 7.63. The van der Waals surface area contributed by atoms with E-state index < -0.39 is 11.9 Å². The molecule has 0 saturated carbocycles. The third-order valence-electron chi connectivity index (χ3n) is 2.43. The maximum Gasteiger partial charge on any atom is 0.307 e. The van der Waals surface area contributed by atoms with Crippen LogP contribution in [0.1, 0.15) is 18.9 Å². The van der Waals surface area contributed by atoms with Crippen LogP contribution in [-0.2, 0) is 11.2 Å². The highest BCUT2D eigenvalue weighted by Crippen LogP contribution is 2.17. The molecular formula is C13H15ClO2. The summed E-state index contributed by atoms with van der Waals surface area (Å²) in [5, 5.41) is 9.11. The Labute approximate surface area is 101 Å². The van der Waals surface area contributed by atoms with Crippen LogP contribution in [0.15, 0.2) is 41.4 Å². The Hall–Kier alpha value is -1.28. The minimum atomic E-state index is -0.776. The molecule has 2 nitrogen and oxygen atoms in total. The molecule has 0 amide bonds. The largest absolute Gasteiger partial charge is 0.481 e. The topological polar surface area (TPSA) is 37.3 Å². The van der Waals surface area contributed by atoms with Crippen LogP contribution in [0.3, 0.4) is 0 Å². The molecule has 0 spiro atoms. The second kappa shape index (κ2) is 6.33. The van der Waals surface area contributed by atoms with Crippen molar-refractivity contribution < 1.29 is 9.90 Å². The Morgan fingerprint density at radius 2 is 2.06 bits per heavy atom. The molecule has 3 heteroatoms. The fourth-order valence-corrected chi connectivity index (χ4v) is 1.67. The Bertz CT molecular complexity index is 371. The van der Waals surface area contributed by atoms with Crippen LogP contribution in [0.5, 0.6) is 0 Å². The number of carboxylic acid groups (broad SMARTS) is 1. The van der Waals surface area contributed by atoms with Crippen LogP contribution in [0.2, 0.25) is 0 Å². The quantitative estimate of drug-likeness (QED) is 0.853. The molecular weight excluding hydrogens is 224 g/mol. The van der Waals surface area contributed by atoms with Crippen molar-refractivity contribution in [2.75, 3.05) is 0 Å². The molecule has 0 radical (unpaired) electrons.